The molecule has 4 rings (SSSR count). The van der Waals surface area contributed by atoms with Crippen molar-refractivity contribution in [2.75, 3.05) is 12.8 Å². The molecule has 2 aliphatic heterocycles. The zero-order valence-corrected chi connectivity index (χ0v) is 14.2. The maximum atomic E-state index is 6.09. The molecule has 0 saturated carbocycles. The number of anilines is 1. The molecule has 0 amide bonds. The zero-order valence-electron chi connectivity index (χ0n) is 13.4. The van der Waals surface area contributed by atoms with Crippen molar-refractivity contribution in [1.29, 1.82) is 0 Å². The Balaban J connectivity index is 0.00000156. The Morgan fingerprint density at radius 2 is 1.87 bits per heavy atom. The molecule has 0 radical (unpaired) electrons. The van der Waals surface area contributed by atoms with Crippen molar-refractivity contribution < 1.29 is 0 Å². The zero-order chi connectivity index (χ0) is 15.1. The first-order valence-corrected chi connectivity index (χ1v) is 8.16. The van der Waals surface area contributed by atoms with Crippen LogP contribution in [0.5, 0.6) is 0 Å². The van der Waals surface area contributed by atoms with E-state index in [1.165, 1.54) is 25.7 Å². The third-order valence-electron chi connectivity index (χ3n) is 5.14. The Morgan fingerprint density at radius 1 is 1.17 bits per heavy atom. The predicted octanol–water partition coefficient (Wildman–Crippen LogP) is 2.35. The number of piperidine rings is 1. The van der Waals surface area contributed by atoms with Gasteiger partial charge in [0, 0.05) is 23.5 Å². The molecule has 3 heterocycles. The summed E-state index contributed by atoms with van der Waals surface area (Å²) >= 11 is 0. The molecule has 0 aliphatic carbocycles. The summed E-state index contributed by atoms with van der Waals surface area (Å²) in [5.41, 5.74) is 7.02. The quantitative estimate of drug-likeness (QED) is 0.902. The number of nitrogen functional groups attached to an aromatic ring is 1. The van der Waals surface area contributed by atoms with Gasteiger partial charge in [-0.05, 0) is 44.9 Å². The molecule has 2 unspecified atom stereocenters. The smallest absolute Gasteiger partial charge is 0.145 e. The van der Waals surface area contributed by atoms with Crippen molar-refractivity contribution in [3.63, 3.8) is 0 Å². The van der Waals surface area contributed by atoms with E-state index in [-0.39, 0.29) is 12.4 Å². The van der Waals surface area contributed by atoms with Gasteiger partial charge in [-0.2, -0.15) is 0 Å². The summed E-state index contributed by atoms with van der Waals surface area (Å²) in [4.78, 5) is 11.6. The van der Waals surface area contributed by atoms with E-state index >= 15 is 0 Å². The van der Waals surface area contributed by atoms with Gasteiger partial charge in [0.05, 0.1) is 12.1 Å². The minimum absolute atomic E-state index is 0. The molecule has 3 N–H and O–H groups in total. The molecule has 2 aliphatic rings. The summed E-state index contributed by atoms with van der Waals surface area (Å²) < 4.78 is 0. The van der Waals surface area contributed by atoms with E-state index in [1.54, 1.807) is 0 Å². The number of para-hydroxylation sites is 1. The standard InChI is InChI=1S/C17H23N5.ClH/c1-22(13-8-11-6-7-12(9-13)19-11)10-16-20-15-5-3-2-4-14(15)17(18)21-16;/h2-5,11-13,19H,6-10H2,1H3,(H2,18,20,21);1H. The lowest BCUT2D eigenvalue weighted by atomic mass is 9.98. The molecule has 2 fully saturated rings. The fraction of sp³-hybridized carbons (Fsp3) is 0.529. The SMILES string of the molecule is CN(Cc1nc(N)c2ccccc2n1)C1CC2CCC(C1)N2.Cl. The van der Waals surface area contributed by atoms with Gasteiger partial charge in [0.2, 0.25) is 0 Å². The van der Waals surface area contributed by atoms with Crippen molar-refractivity contribution in [3.05, 3.63) is 30.1 Å². The maximum Gasteiger partial charge on any atom is 0.145 e. The Bertz CT molecular complexity index is 680. The number of nitrogens with zero attached hydrogens (tertiary/aromatic N) is 3. The number of hydrogen-bond donors (Lipinski definition) is 2. The van der Waals surface area contributed by atoms with Crippen LogP contribution in [0, 0.1) is 0 Å². The highest BCUT2D eigenvalue weighted by atomic mass is 35.5. The second kappa shape index (κ2) is 6.59. The summed E-state index contributed by atoms with van der Waals surface area (Å²) in [5.74, 6) is 1.41. The topological polar surface area (TPSA) is 67.1 Å². The highest BCUT2D eigenvalue weighted by molar-refractivity contribution is 5.87. The van der Waals surface area contributed by atoms with Crippen molar-refractivity contribution in [2.24, 2.45) is 0 Å². The molecule has 2 saturated heterocycles. The second-order valence-corrected chi connectivity index (χ2v) is 6.72. The number of fused-ring (bicyclic) bond motifs is 3. The molecule has 124 valence electrons. The first-order chi connectivity index (χ1) is 10.7. The molecule has 23 heavy (non-hydrogen) atoms. The molecule has 5 nitrogen and oxygen atoms in total. The normalized spacial score (nSPS) is 26.4. The van der Waals surface area contributed by atoms with E-state index in [2.05, 4.69) is 27.2 Å². The number of hydrogen-bond acceptors (Lipinski definition) is 5. The fourth-order valence-corrected chi connectivity index (χ4v) is 3.96. The molecule has 6 heteroatoms. The van der Waals surface area contributed by atoms with Gasteiger partial charge in [-0.25, -0.2) is 9.97 Å². The summed E-state index contributed by atoms with van der Waals surface area (Å²) in [5, 5.41) is 4.63. The number of rotatable bonds is 3. The van der Waals surface area contributed by atoms with Crippen molar-refractivity contribution in [2.45, 2.75) is 50.4 Å². The van der Waals surface area contributed by atoms with Crippen LogP contribution in [0.2, 0.25) is 0 Å². The van der Waals surface area contributed by atoms with E-state index in [9.17, 15) is 0 Å². The molecule has 2 atom stereocenters. The van der Waals surface area contributed by atoms with Crippen LogP contribution < -0.4 is 11.1 Å². The van der Waals surface area contributed by atoms with Crippen LogP contribution in [0.1, 0.15) is 31.5 Å². The van der Waals surface area contributed by atoms with Gasteiger partial charge >= 0.3 is 0 Å². The molecule has 0 spiro atoms. The minimum Gasteiger partial charge on any atom is -0.383 e. The highest BCUT2D eigenvalue weighted by Crippen LogP contribution is 2.29. The van der Waals surface area contributed by atoms with Crippen LogP contribution in [0.15, 0.2) is 24.3 Å². The fourth-order valence-electron chi connectivity index (χ4n) is 3.96. The average Bonchev–Trinajstić information content (AvgIpc) is 2.85. The first-order valence-electron chi connectivity index (χ1n) is 8.16. The Morgan fingerprint density at radius 3 is 2.61 bits per heavy atom. The van der Waals surface area contributed by atoms with Crippen molar-refractivity contribution >= 4 is 29.1 Å². The summed E-state index contributed by atoms with van der Waals surface area (Å²) in [6, 6.07) is 9.97. The number of benzene rings is 1. The predicted molar refractivity (Wildman–Crippen MR) is 95.6 cm³/mol. The Hall–Kier alpha value is -1.43. The van der Waals surface area contributed by atoms with Crippen LogP contribution in [-0.2, 0) is 6.54 Å². The van der Waals surface area contributed by atoms with E-state index in [1.807, 2.05) is 24.3 Å². The van der Waals surface area contributed by atoms with E-state index in [4.69, 9.17) is 5.73 Å². The van der Waals surface area contributed by atoms with Gasteiger partial charge in [-0.15, -0.1) is 12.4 Å². The lowest BCUT2D eigenvalue weighted by Gasteiger charge is -2.35. The van der Waals surface area contributed by atoms with Crippen LogP contribution in [-0.4, -0.2) is 40.0 Å². The number of halogens is 1. The van der Waals surface area contributed by atoms with Crippen molar-refractivity contribution in [3.8, 4) is 0 Å². The van der Waals surface area contributed by atoms with Crippen molar-refractivity contribution in [1.82, 2.24) is 20.2 Å². The molecule has 1 aromatic carbocycles. The largest absolute Gasteiger partial charge is 0.383 e. The van der Waals surface area contributed by atoms with E-state index < -0.39 is 0 Å². The first kappa shape index (κ1) is 16.4. The molecule has 2 bridgehead atoms. The van der Waals surface area contributed by atoms with Gasteiger partial charge in [0.1, 0.15) is 11.6 Å². The average molecular weight is 334 g/mol. The highest BCUT2D eigenvalue weighted by Gasteiger charge is 2.35. The molecule has 1 aromatic heterocycles. The summed E-state index contributed by atoms with van der Waals surface area (Å²) in [6.07, 6.45) is 5.12. The molecule has 2 aromatic rings. The van der Waals surface area contributed by atoms with E-state index in [0.717, 1.165) is 23.3 Å². The van der Waals surface area contributed by atoms with Crippen LogP contribution in [0.3, 0.4) is 0 Å². The summed E-state index contributed by atoms with van der Waals surface area (Å²) in [6.45, 7) is 0.763. The number of aromatic nitrogens is 2. The van der Waals surface area contributed by atoms with Gasteiger partial charge in [0.15, 0.2) is 0 Å². The van der Waals surface area contributed by atoms with Gasteiger partial charge < -0.3 is 11.1 Å². The third-order valence-corrected chi connectivity index (χ3v) is 5.14. The molecular formula is C17H24ClN5. The minimum atomic E-state index is 0. The monoisotopic (exact) mass is 333 g/mol. The second-order valence-electron chi connectivity index (χ2n) is 6.72. The van der Waals surface area contributed by atoms with Crippen LogP contribution >= 0.6 is 12.4 Å². The number of nitrogens with two attached hydrogens (primary N) is 1. The summed E-state index contributed by atoms with van der Waals surface area (Å²) in [7, 11) is 2.18. The lowest BCUT2D eigenvalue weighted by molar-refractivity contribution is 0.163. The third kappa shape index (κ3) is 3.27. The van der Waals surface area contributed by atoms with Gasteiger partial charge in [-0.1, -0.05) is 12.1 Å². The Labute approximate surface area is 143 Å². The van der Waals surface area contributed by atoms with Crippen LogP contribution in [0.4, 0.5) is 5.82 Å². The number of nitrogens with one attached hydrogen (secondary N) is 1. The lowest BCUT2D eigenvalue weighted by Crippen LogP contribution is -2.46. The molecular weight excluding hydrogens is 310 g/mol. The maximum absolute atomic E-state index is 6.09. The van der Waals surface area contributed by atoms with Crippen LogP contribution in [0.25, 0.3) is 10.9 Å². The van der Waals surface area contributed by atoms with E-state index in [0.29, 0.717) is 23.9 Å². The van der Waals surface area contributed by atoms with Gasteiger partial charge in [0.25, 0.3) is 0 Å². The van der Waals surface area contributed by atoms with Gasteiger partial charge in [-0.3, -0.25) is 4.90 Å². The Kier molecular flexibility index (Phi) is 4.71.